The molecule has 7 heteroatoms. The third-order valence-electron chi connectivity index (χ3n) is 4.67. The summed E-state index contributed by atoms with van der Waals surface area (Å²) < 4.78 is 5.46. The molecule has 1 aliphatic heterocycles. The van der Waals surface area contributed by atoms with Crippen molar-refractivity contribution < 1.29 is 4.74 Å². The summed E-state index contributed by atoms with van der Waals surface area (Å²) in [5.74, 6) is 2.44. The molecule has 0 aromatic carbocycles. The Morgan fingerprint density at radius 2 is 1.89 bits per heavy atom. The normalized spacial score (nSPS) is 14.1. The Labute approximate surface area is 164 Å². The molecular formula is C21H24N6O. The highest BCUT2D eigenvalue weighted by Crippen LogP contribution is 2.21. The first kappa shape index (κ1) is 18.3. The van der Waals surface area contributed by atoms with Crippen LogP contribution in [-0.2, 0) is 17.7 Å². The maximum absolute atomic E-state index is 5.46. The van der Waals surface area contributed by atoms with E-state index in [9.17, 15) is 0 Å². The van der Waals surface area contributed by atoms with E-state index in [1.165, 1.54) is 0 Å². The number of nitrogens with one attached hydrogen (secondary N) is 1. The smallest absolute Gasteiger partial charge is 0.180 e. The minimum absolute atomic E-state index is 0.641. The zero-order chi connectivity index (χ0) is 19.2. The van der Waals surface area contributed by atoms with E-state index in [4.69, 9.17) is 4.74 Å². The standard InChI is InChI=1S/C21H24N6O/c1-2-17-14-19(26-20(25-17)18-7-3-4-8-22-18)24-15-16-6-5-9-23-21(16)27-10-12-28-13-11-27/h3-9,14H,2,10-13,15H2,1H3,(H,24,25,26). The second-order valence-electron chi connectivity index (χ2n) is 6.58. The third kappa shape index (κ3) is 4.26. The summed E-state index contributed by atoms with van der Waals surface area (Å²) in [6.45, 7) is 5.93. The van der Waals surface area contributed by atoms with Gasteiger partial charge in [0.2, 0.25) is 0 Å². The van der Waals surface area contributed by atoms with Crippen LogP contribution in [0.25, 0.3) is 11.5 Å². The van der Waals surface area contributed by atoms with Crippen molar-refractivity contribution in [1.82, 2.24) is 19.9 Å². The number of anilines is 2. The van der Waals surface area contributed by atoms with Gasteiger partial charge in [0.05, 0.1) is 13.2 Å². The Morgan fingerprint density at radius 3 is 2.68 bits per heavy atom. The number of aryl methyl sites for hydroxylation is 1. The second kappa shape index (κ2) is 8.75. The van der Waals surface area contributed by atoms with Crippen LogP contribution in [0.2, 0.25) is 0 Å². The predicted octanol–water partition coefficient (Wildman–Crippen LogP) is 2.94. The molecule has 0 saturated carbocycles. The van der Waals surface area contributed by atoms with Gasteiger partial charge >= 0.3 is 0 Å². The van der Waals surface area contributed by atoms with Gasteiger partial charge in [0.1, 0.15) is 17.3 Å². The van der Waals surface area contributed by atoms with E-state index < -0.39 is 0 Å². The first-order chi connectivity index (χ1) is 13.8. The highest BCUT2D eigenvalue weighted by Gasteiger charge is 2.16. The molecule has 0 spiro atoms. The van der Waals surface area contributed by atoms with Gasteiger partial charge in [-0.1, -0.05) is 19.1 Å². The van der Waals surface area contributed by atoms with Crippen molar-refractivity contribution >= 4 is 11.6 Å². The lowest BCUT2D eigenvalue weighted by molar-refractivity contribution is 0.122. The second-order valence-corrected chi connectivity index (χ2v) is 6.58. The fourth-order valence-corrected chi connectivity index (χ4v) is 3.19. The molecule has 0 amide bonds. The molecule has 3 aromatic heterocycles. The Bertz CT molecular complexity index is 912. The first-order valence-corrected chi connectivity index (χ1v) is 9.63. The average molecular weight is 376 g/mol. The lowest BCUT2D eigenvalue weighted by Gasteiger charge is -2.29. The summed E-state index contributed by atoms with van der Waals surface area (Å²) in [5.41, 5.74) is 2.90. The Hall–Kier alpha value is -3.06. The molecule has 1 aliphatic rings. The number of aromatic nitrogens is 4. The van der Waals surface area contributed by atoms with Crippen LogP contribution in [0.3, 0.4) is 0 Å². The van der Waals surface area contributed by atoms with Gasteiger partial charge < -0.3 is 15.0 Å². The summed E-state index contributed by atoms with van der Waals surface area (Å²) >= 11 is 0. The van der Waals surface area contributed by atoms with Crippen LogP contribution in [0.15, 0.2) is 48.8 Å². The minimum Gasteiger partial charge on any atom is -0.378 e. The van der Waals surface area contributed by atoms with Gasteiger partial charge in [0.25, 0.3) is 0 Å². The molecule has 7 nitrogen and oxygen atoms in total. The van der Waals surface area contributed by atoms with Gasteiger partial charge in [-0.25, -0.2) is 15.0 Å². The topological polar surface area (TPSA) is 76.1 Å². The van der Waals surface area contributed by atoms with Crippen molar-refractivity contribution in [3.8, 4) is 11.5 Å². The Balaban J connectivity index is 1.55. The highest BCUT2D eigenvalue weighted by molar-refractivity contribution is 5.54. The molecule has 0 unspecified atom stereocenters. The van der Waals surface area contributed by atoms with E-state index in [2.05, 4.69) is 43.1 Å². The predicted molar refractivity (Wildman–Crippen MR) is 109 cm³/mol. The maximum Gasteiger partial charge on any atom is 0.180 e. The first-order valence-electron chi connectivity index (χ1n) is 9.63. The number of pyridine rings is 2. The van der Waals surface area contributed by atoms with E-state index in [0.29, 0.717) is 12.4 Å². The molecular weight excluding hydrogens is 352 g/mol. The largest absolute Gasteiger partial charge is 0.378 e. The Morgan fingerprint density at radius 1 is 1.04 bits per heavy atom. The number of hydrogen-bond acceptors (Lipinski definition) is 7. The van der Waals surface area contributed by atoms with E-state index in [1.54, 1.807) is 6.20 Å². The number of morpholine rings is 1. The van der Waals surface area contributed by atoms with Crippen LogP contribution in [0, 0.1) is 0 Å². The van der Waals surface area contributed by atoms with Gasteiger partial charge in [0, 0.05) is 49.4 Å². The summed E-state index contributed by atoms with van der Waals surface area (Å²) in [5, 5.41) is 3.45. The molecule has 3 aromatic rings. The minimum atomic E-state index is 0.641. The van der Waals surface area contributed by atoms with Gasteiger partial charge in [0.15, 0.2) is 5.82 Å². The van der Waals surface area contributed by atoms with Gasteiger partial charge in [-0.2, -0.15) is 0 Å². The zero-order valence-corrected chi connectivity index (χ0v) is 16.0. The molecule has 144 valence electrons. The summed E-state index contributed by atoms with van der Waals surface area (Å²) in [4.78, 5) is 20.5. The van der Waals surface area contributed by atoms with Crippen molar-refractivity contribution in [2.24, 2.45) is 0 Å². The van der Waals surface area contributed by atoms with Crippen molar-refractivity contribution in [1.29, 1.82) is 0 Å². The third-order valence-corrected chi connectivity index (χ3v) is 4.67. The lowest BCUT2D eigenvalue weighted by atomic mass is 10.2. The van der Waals surface area contributed by atoms with Crippen LogP contribution < -0.4 is 10.2 Å². The highest BCUT2D eigenvalue weighted by atomic mass is 16.5. The summed E-state index contributed by atoms with van der Waals surface area (Å²) in [7, 11) is 0. The molecule has 0 atom stereocenters. The SMILES string of the molecule is CCc1cc(NCc2cccnc2N2CCOCC2)nc(-c2ccccn2)n1. The molecule has 4 rings (SSSR count). The monoisotopic (exact) mass is 376 g/mol. The maximum atomic E-state index is 5.46. The van der Waals surface area contributed by atoms with Gasteiger partial charge in [-0.3, -0.25) is 4.98 Å². The fraction of sp³-hybridized carbons (Fsp3) is 0.333. The lowest BCUT2D eigenvalue weighted by Crippen LogP contribution is -2.37. The van der Waals surface area contributed by atoms with Crippen molar-refractivity contribution in [2.75, 3.05) is 36.5 Å². The molecule has 1 fully saturated rings. The molecule has 28 heavy (non-hydrogen) atoms. The van der Waals surface area contributed by atoms with E-state index in [0.717, 1.165) is 61.3 Å². The van der Waals surface area contributed by atoms with E-state index in [-0.39, 0.29) is 0 Å². The van der Waals surface area contributed by atoms with Crippen LogP contribution in [0.5, 0.6) is 0 Å². The van der Waals surface area contributed by atoms with E-state index in [1.807, 2.05) is 36.5 Å². The number of ether oxygens (including phenoxy) is 1. The van der Waals surface area contributed by atoms with Crippen LogP contribution in [0.4, 0.5) is 11.6 Å². The number of hydrogen-bond donors (Lipinski definition) is 1. The number of rotatable bonds is 6. The molecule has 1 saturated heterocycles. The van der Waals surface area contributed by atoms with Crippen molar-refractivity contribution in [3.05, 3.63) is 60.0 Å². The van der Waals surface area contributed by atoms with Crippen LogP contribution >= 0.6 is 0 Å². The van der Waals surface area contributed by atoms with Crippen molar-refractivity contribution in [2.45, 2.75) is 19.9 Å². The van der Waals surface area contributed by atoms with Gasteiger partial charge in [-0.05, 0) is 24.6 Å². The summed E-state index contributed by atoms with van der Waals surface area (Å²) in [6.07, 6.45) is 4.44. The molecule has 1 N–H and O–H groups in total. The van der Waals surface area contributed by atoms with Crippen LogP contribution in [-0.4, -0.2) is 46.2 Å². The average Bonchev–Trinajstić information content (AvgIpc) is 2.79. The molecule has 4 heterocycles. The van der Waals surface area contributed by atoms with Gasteiger partial charge in [-0.15, -0.1) is 0 Å². The molecule has 0 bridgehead atoms. The number of nitrogens with zero attached hydrogens (tertiary/aromatic N) is 5. The fourth-order valence-electron chi connectivity index (χ4n) is 3.19. The van der Waals surface area contributed by atoms with Crippen molar-refractivity contribution in [3.63, 3.8) is 0 Å². The Kier molecular flexibility index (Phi) is 5.72. The summed E-state index contributed by atoms with van der Waals surface area (Å²) in [6, 6.07) is 11.8. The van der Waals surface area contributed by atoms with Crippen LogP contribution in [0.1, 0.15) is 18.2 Å². The molecule has 0 radical (unpaired) electrons. The molecule has 0 aliphatic carbocycles. The van der Waals surface area contributed by atoms with E-state index >= 15 is 0 Å². The zero-order valence-electron chi connectivity index (χ0n) is 16.0. The quantitative estimate of drug-likeness (QED) is 0.709.